The monoisotopic (exact) mass is 492 g/mol. The van der Waals surface area contributed by atoms with Crippen LogP contribution in [-0.4, -0.2) is 36.2 Å². The average Bonchev–Trinajstić information content (AvgIpc) is 3.36. The van der Waals surface area contributed by atoms with Crippen molar-refractivity contribution in [2.45, 2.75) is 30.9 Å². The predicted octanol–water partition coefficient (Wildman–Crippen LogP) is 4.47. The van der Waals surface area contributed by atoms with Crippen LogP contribution in [0.4, 0.5) is 16.3 Å². The first-order chi connectivity index (χ1) is 17.0. The van der Waals surface area contributed by atoms with Gasteiger partial charge in [0.15, 0.2) is 0 Å². The van der Waals surface area contributed by atoms with E-state index in [0.717, 1.165) is 16.9 Å². The van der Waals surface area contributed by atoms with Crippen LogP contribution in [0.25, 0.3) is 0 Å². The van der Waals surface area contributed by atoms with Gasteiger partial charge in [-0.1, -0.05) is 17.7 Å². The zero-order valence-corrected chi connectivity index (χ0v) is 19.4. The lowest BCUT2D eigenvalue weighted by Gasteiger charge is -2.19. The van der Waals surface area contributed by atoms with Crippen LogP contribution in [0.5, 0.6) is 23.0 Å². The lowest BCUT2D eigenvalue weighted by atomic mass is 10.1. The molecule has 1 aliphatic carbocycles. The van der Waals surface area contributed by atoms with Gasteiger partial charge in [0, 0.05) is 23.7 Å². The zero-order chi connectivity index (χ0) is 24.1. The van der Waals surface area contributed by atoms with Crippen molar-refractivity contribution < 1.29 is 23.8 Å². The fraction of sp³-hybridized carbons (Fsp3) is 0.240. The summed E-state index contributed by atoms with van der Waals surface area (Å²) in [6.45, 7) is 0. The van der Waals surface area contributed by atoms with Crippen molar-refractivity contribution in [3.8, 4) is 23.0 Å². The number of halogens is 1. The van der Waals surface area contributed by atoms with Crippen molar-refractivity contribution in [2.24, 2.45) is 0 Å². The van der Waals surface area contributed by atoms with Gasteiger partial charge < -0.3 is 30.2 Å². The molecule has 3 amide bonds. The minimum Gasteiger partial charge on any atom is -0.495 e. The first-order valence-electron chi connectivity index (χ1n) is 11.2. The van der Waals surface area contributed by atoms with E-state index in [1.54, 1.807) is 30.5 Å². The molecule has 2 aliphatic heterocycles. The predicted molar refractivity (Wildman–Crippen MR) is 129 cm³/mol. The fourth-order valence-corrected chi connectivity index (χ4v) is 4.88. The number of aromatic nitrogens is 1. The highest BCUT2D eigenvalue weighted by Gasteiger charge is 2.59. The number of methoxy groups -OCH3 is 1. The maximum Gasteiger partial charge on any atom is 0.319 e. The Morgan fingerprint density at radius 2 is 2.09 bits per heavy atom. The Labute approximate surface area is 205 Å². The van der Waals surface area contributed by atoms with E-state index in [4.69, 9.17) is 25.8 Å². The van der Waals surface area contributed by atoms with Crippen LogP contribution in [0, 0.1) is 0 Å². The Kier molecular flexibility index (Phi) is 5.14. The number of ether oxygens (including phenoxy) is 3. The van der Waals surface area contributed by atoms with Gasteiger partial charge in [-0.3, -0.25) is 4.79 Å². The van der Waals surface area contributed by atoms with Crippen molar-refractivity contribution in [2.75, 3.05) is 17.7 Å². The highest BCUT2D eigenvalue weighted by molar-refractivity contribution is 6.35. The number of benzene rings is 2. The summed E-state index contributed by atoms with van der Waals surface area (Å²) in [6, 6.07) is 12.1. The van der Waals surface area contributed by atoms with Gasteiger partial charge >= 0.3 is 6.03 Å². The van der Waals surface area contributed by atoms with Crippen LogP contribution in [-0.2, 0) is 11.2 Å². The van der Waals surface area contributed by atoms with E-state index >= 15 is 0 Å². The van der Waals surface area contributed by atoms with Gasteiger partial charge in [-0.15, -0.1) is 0 Å². The van der Waals surface area contributed by atoms with Crippen molar-refractivity contribution in [3.63, 3.8) is 0 Å². The number of carbonyl (C=O) groups excluding carboxylic acids is 2. The average molecular weight is 493 g/mol. The third-order valence-electron chi connectivity index (χ3n) is 6.39. The van der Waals surface area contributed by atoms with Crippen molar-refractivity contribution in [1.29, 1.82) is 0 Å². The van der Waals surface area contributed by atoms with Gasteiger partial charge in [0.25, 0.3) is 0 Å². The van der Waals surface area contributed by atoms with E-state index in [0.29, 0.717) is 46.6 Å². The normalized spacial score (nSPS) is 21.0. The second kappa shape index (κ2) is 8.35. The molecule has 3 heterocycles. The molecule has 35 heavy (non-hydrogen) atoms. The number of urea groups is 1. The Bertz CT molecular complexity index is 1360. The van der Waals surface area contributed by atoms with Crippen LogP contribution in [0.2, 0.25) is 5.02 Å². The number of anilines is 2. The minimum atomic E-state index is -0.373. The molecular weight excluding hydrogens is 472 g/mol. The van der Waals surface area contributed by atoms with Crippen LogP contribution in [0.1, 0.15) is 23.5 Å². The number of nitrogens with zero attached hydrogens (tertiary/aromatic N) is 1. The van der Waals surface area contributed by atoms with Crippen LogP contribution in [0.3, 0.4) is 0 Å². The molecule has 0 unspecified atom stereocenters. The maximum absolute atomic E-state index is 12.6. The van der Waals surface area contributed by atoms with Crippen molar-refractivity contribution in [1.82, 2.24) is 10.3 Å². The van der Waals surface area contributed by atoms with Crippen molar-refractivity contribution in [3.05, 3.63) is 64.8 Å². The minimum absolute atomic E-state index is 0.0331. The molecule has 0 radical (unpaired) electrons. The highest BCUT2D eigenvalue weighted by atomic mass is 35.5. The van der Waals surface area contributed by atoms with Crippen molar-refractivity contribution >= 4 is 35.0 Å². The van der Waals surface area contributed by atoms with E-state index in [1.807, 2.05) is 18.2 Å². The third-order valence-corrected chi connectivity index (χ3v) is 6.78. The molecule has 3 atom stereocenters. The Morgan fingerprint density at radius 1 is 1.20 bits per heavy atom. The number of hydrogen-bond acceptors (Lipinski definition) is 6. The number of fused-ring (bicyclic) bond motifs is 4. The molecular formula is C25H21ClN4O5. The van der Waals surface area contributed by atoms with E-state index in [2.05, 4.69) is 20.9 Å². The molecule has 3 aliphatic rings. The molecule has 0 saturated heterocycles. The number of carbonyl (C=O) groups is 2. The second-order valence-electron chi connectivity index (χ2n) is 8.54. The lowest BCUT2D eigenvalue weighted by molar-refractivity contribution is -0.116. The van der Waals surface area contributed by atoms with Crippen LogP contribution in [0.15, 0.2) is 48.7 Å². The van der Waals surface area contributed by atoms with E-state index in [1.165, 1.54) is 7.11 Å². The topological polar surface area (TPSA) is 111 Å². The van der Waals surface area contributed by atoms with E-state index < -0.39 is 0 Å². The summed E-state index contributed by atoms with van der Waals surface area (Å²) in [7, 11) is 1.52. The van der Waals surface area contributed by atoms with Gasteiger partial charge in [-0.2, -0.15) is 0 Å². The Hall–Kier alpha value is -3.98. The lowest BCUT2D eigenvalue weighted by Crippen LogP contribution is -2.34. The Morgan fingerprint density at radius 3 is 2.94 bits per heavy atom. The first kappa shape index (κ1) is 21.5. The quantitative estimate of drug-likeness (QED) is 0.484. The highest BCUT2D eigenvalue weighted by Crippen LogP contribution is 2.54. The summed E-state index contributed by atoms with van der Waals surface area (Å²) in [6.07, 6.45) is 2.45. The second-order valence-corrected chi connectivity index (χ2v) is 8.92. The smallest absolute Gasteiger partial charge is 0.319 e. The molecule has 3 N–H and O–H groups in total. The third kappa shape index (κ3) is 3.87. The van der Waals surface area contributed by atoms with Crippen LogP contribution < -0.4 is 30.2 Å². The molecule has 0 spiro atoms. The fourth-order valence-electron chi connectivity index (χ4n) is 4.63. The Balaban J connectivity index is 1.14. The molecule has 1 aromatic heterocycles. The number of hydrogen-bond donors (Lipinski definition) is 3. The summed E-state index contributed by atoms with van der Waals surface area (Å²) in [5.74, 6) is 3.10. The van der Waals surface area contributed by atoms with Gasteiger partial charge in [-0.25, -0.2) is 9.78 Å². The maximum atomic E-state index is 12.6. The number of nitrogens with one attached hydrogen (secondary N) is 3. The number of amides is 3. The van der Waals surface area contributed by atoms with Crippen LogP contribution >= 0.6 is 11.6 Å². The van der Waals surface area contributed by atoms with Gasteiger partial charge in [-0.05, 0) is 42.8 Å². The summed E-state index contributed by atoms with van der Waals surface area (Å²) in [4.78, 5) is 28.5. The molecule has 10 heteroatoms. The van der Waals surface area contributed by atoms with E-state index in [9.17, 15) is 9.59 Å². The SMILES string of the molecule is COc1cccc(NC(=O)N[C@@H]2[C@H]3Oc4ccc(Oc5ccnc6c5CCC(=O)N6)cc4[C@@H]23)c1Cl. The molecule has 1 saturated carbocycles. The molecule has 9 nitrogen and oxygen atoms in total. The summed E-state index contributed by atoms with van der Waals surface area (Å²) < 4.78 is 17.4. The van der Waals surface area contributed by atoms with E-state index in [-0.39, 0.29) is 30.0 Å². The molecule has 6 rings (SSSR count). The van der Waals surface area contributed by atoms with Gasteiger partial charge in [0.1, 0.15) is 39.9 Å². The number of pyridine rings is 1. The standard InChI is InChI=1S/C25H21ClN4O5/c1-33-18-4-2-3-15(21(18)26)28-25(32)30-22-20-14-11-12(5-7-16(14)35-23(20)22)34-17-9-10-27-24-13(17)6-8-19(31)29-24/h2-5,7,9-11,20,22-23H,6,8H2,1H3,(H,27,29,31)(H2,28,30,32)/t20-,22-,23-/m0/s1. The van der Waals surface area contributed by atoms with Gasteiger partial charge in [0.2, 0.25) is 5.91 Å². The summed E-state index contributed by atoms with van der Waals surface area (Å²) >= 11 is 6.27. The van der Waals surface area contributed by atoms with Gasteiger partial charge in [0.05, 0.1) is 24.8 Å². The zero-order valence-electron chi connectivity index (χ0n) is 18.6. The molecule has 1 fully saturated rings. The summed E-state index contributed by atoms with van der Waals surface area (Å²) in [5, 5.41) is 8.84. The number of rotatable bonds is 5. The molecule has 2 aromatic carbocycles. The molecule has 178 valence electrons. The first-order valence-corrected chi connectivity index (χ1v) is 11.6. The largest absolute Gasteiger partial charge is 0.495 e. The summed E-state index contributed by atoms with van der Waals surface area (Å²) in [5.41, 5.74) is 2.32. The molecule has 0 bridgehead atoms. The molecule has 3 aromatic rings.